The average Bonchev–Trinajstić information content (AvgIpc) is 2.11. The van der Waals surface area contributed by atoms with E-state index in [1.165, 1.54) is 0 Å². The Labute approximate surface area is 96.6 Å². The van der Waals surface area contributed by atoms with Crippen molar-refractivity contribution < 1.29 is 9.59 Å². The molecule has 0 aromatic carbocycles. The molecule has 1 unspecified atom stereocenters. The second-order valence-electron chi connectivity index (χ2n) is 4.06. The highest BCUT2D eigenvalue weighted by molar-refractivity contribution is 7.80. The Bertz CT molecular complexity index is 229. The molecule has 1 atom stereocenters. The van der Waals surface area contributed by atoms with Crippen molar-refractivity contribution in [2.75, 3.05) is 5.75 Å². The molecule has 0 bridgehead atoms. The number of nitrogens with one attached hydrogen (secondary N) is 2. The van der Waals surface area contributed by atoms with E-state index in [1.807, 2.05) is 13.8 Å². The molecular formula is C10H20N2O2S. The highest BCUT2D eigenvalue weighted by Gasteiger charge is 2.20. The normalized spacial score (nSPS) is 12.7. The lowest BCUT2D eigenvalue weighted by molar-refractivity contribution is -0.130. The zero-order valence-electron chi connectivity index (χ0n) is 9.70. The van der Waals surface area contributed by atoms with Gasteiger partial charge in [-0.25, -0.2) is 0 Å². The van der Waals surface area contributed by atoms with Crippen molar-refractivity contribution in [1.82, 2.24) is 10.6 Å². The van der Waals surface area contributed by atoms with Crippen LogP contribution < -0.4 is 10.6 Å². The molecule has 0 aromatic rings. The van der Waals surface area contributed by atoms with E-state index in [0.29, 0.717) is 5.75 Å². The number of hydrogen-bond acceptors (Lipinski definition) is 3. The van der Waals surface area contributed by atoms with Crippen molar-refractivity contribution in [2.24, 2.45) is 5.92 Å². The first kappa shape index (κ1) is 14.3. The maximum atomic E-state index is 11.6. The summed E-state index contributed by atoms with van der Waals surface area (Å²) in [4.78, 5) is 22.9. The van der Waals surface area contributed by atoms with Crippen LogP contribution in [0.4, 0.5) is 0 Å². The fraction of sp³-hybridized carbons (Fsp3) is 0.800. The van der Waals surface area contributed by atoms with E-state index < -0.39 is 6.04 Å². The van der Waals surface area contributed by atoms with E-state index in [0.717, 1.165) is 0 Å². The van der Waals surface area contributed by atoms with Gasteiger partial charge in [-0.3, -0.25) is 9.59 Å². The van der Waals surface area contributed by atoms with Gasteiger partial charge < -0.3 is 10.6 Å². The second kappa shape index (κ2) is 6.71. The fourth-order valence-corrected chi connectivity index (χ4v) is 1.17. The van der Waals surface area contributed by atoms with Gasteiger partial charge in [-0.15, -0.1) is 0 Å². The van der Waals surface area contributed by atoms with E-state index in [4.69, 9.17) is 0 Å². The maximum Gasteiger partial charge on any atom is 0.243 e. The van der Waals surface area contributed by atoms with Crippen LogP contribution in [0.15, 0.2) is 0 Å². The molecule has 0 rings (SSSR count). The molecule has 15 heavy (non-hydrogen) atoms. The van der Waals surface area contributed by atoms with Gasteiger partial charge in [0.1, 0.15) is 6.04 Å². The van der Waals surface area contributed by atoms with Crippen LogP contribution in [0.25, 0.3) is 0 Å². The summed E-state index contributed by atoms with van der Waals surface area (Å²) in [6, 6.07) is -0.485. The monoisotopic (exact) mass is 232 g/mol. The quantitative estimate of drug-likeness (QED) is 0.607. The van der Waals surface area contributed by atoms with Crippen molar-refractivity contribution in [1.29, 1.82) is 0 Å². The van der Waals surface area contributed by atoms with Crippen molar-refractivity contribution in [3.8, 4) is 0 Å². The number of rotatable bonds is 5. The van der Waals surface area contributed by atoms with Gasteiger partial charge in [-0.05, 0) is 13.8 Å². The topological polar surface area (TPSA) is 58.2 Å². The van der Waals surface area contributed by atoms with Gasteiger partial charge in [0.25, 0.3) is 0 Å². The SMILES string of the molecule is CC(C)NC(=O)C(CS)NC(=O)C(C)C. The molecule has 0 aliphatic carbocycles. The van der Waals surface area contributed by atoms with Gasteiger partial charge in [0, 0.05) is 17.7 Å². The molecule has 5 heteroatoms. The van der Waals surface area contributed by atoms with Gasteiger partial charge in [0.15, 0.2) is 0 Å². The number of amides is 2. The molecule has 2 N–H and O–H groups in total. The van der Waals surface area contributed by atoms with Gasteiger partial charge >= 0.3 is 0 Å². The summed E-state index contributed by atoms with van der Waals surface area (Å²) in [5, 5.41) is 5.38. The fourth-order valence-electron chi connectivity index (χ4n) is 0.918. The van der Waals surface area contributed by atoms with Crippen molar-refractivity contribution in [3.05, 3.63) is 0 Å². The third kappa shape index (κ3) is 5.67. The Balaban J connectivity index is 4.24. The van der Waals surface area contributed by atoms with Gasteiger partial charge in [0.05, 0.1) is 0 Å². The van der Waals surface area contributed by atoms with Crippen LogP contribution in [-0.4, -0.2) is 29.7 Å². The highest BCUT2D eigenvalue weighted by atomic mass is 32.1. The molecule has 0 aliphatic heterocycles. The lowest BCUT2D eigenvalue weighted by Crippen LogP contribution is -2.50. The minimum atomic E-state index is -0.550. The largest absolute Gasteiger partial charge is 0.352 e. The third-order valence-corrected chi connectivity index (χ3v) is 2.14. The molecule has 0 spiro atoms. The molecule has 0 aliphatic rings. The molecule has 0 saturated carbocycles. The summed E-state index contributed by atoms with van der Waals surface area (Å²) in [6.45, 7) is 7.31. The third-order valence-electron chi connectivity index (χ3n) is 1.77. The Hall–Kier alpha value is -0.710. The predicted molar refractivity (Wildman–Crippen MR) is 63.9 cm³/mol. The number of carbonyl (C=O) groups excluding carboxylic acids is 2. The van der Waals surface area contributed by atoms with E-state index in [9.17, 15) is 9.59 Å². The Morgan fingerprint density at radius 1 is 1.07 bits per heavy atom. The first-order valence-electron chi connectivity index (χ1n) is 5.10. The first-order chi connectivity index (χ1) is 6.88. The standard InChI is InChI=1S/C10H20N2O2S/c1-6(2)9(13)12-8(5-15)10(14)11-7(3)4/h6-8,15H,5H2,1-4H3,(H,11,14)(H,12,13). The average molecular weight is 232 g/mol. The van der Waals surface area contributed by atoms with Crippen LogP contribution in [0.1, 0.15) is 27.7 Å². The van der Waals surface area contributed by atoms with E-state index >= 15 is 0 Å². The smallest absolute Gasteiger partial charge is 0.243 e. The first-order valence-corrected chi connectivity index (χ1v) is 5.73. The highest BCUT2D eigenvalue weighted by Crippen LogP contribution is 1.96. The number of thiol groups is 1. The Morgan fingerprint density at radius 3 is 1.93 bits per heavy atom. The lowest BCUT2D eigenvalue weighted by atomic mass is 10.2. The van der Waals surface area contributed by atoms with Gasteiger partial charge in [0.2, 0.25) is 11.8 Å². The summed E-state index contributed by atoms with van der Waals surface area (Å²) in [6.07, 6.45) is 0. The van der Waals surface area contributed by atoms with E-state index in [2.05, 4.69) is 23.3 Å². The molecular weight excluding hydrogens is 212 g/mol. The summed E-state index contributed by atoms with van der Waals surface area (Å²) < 4.78 is 0. The lowest BCUT2D eigenvalue weighted by Gasteiger charge is -2.19. The zero-order valence-corrected chi connectivity index (χ0v) is 10.6. The molecule has 0 heterocycles. The summed E-state index contributed by atoms with van der Waals surface area (Å²) in [7, 11) is 0. The van der Waals surface area contributed by atoms with Crippen LogP contribution >= 0.6 is 12.6 Å². The van der Waals surface area contributed by atoms with Crippen molar-refractivity contribution in [3.63, 3.8) is 0 Å². The molecule has 0 radical (unpaired) electrons. The number of carbonyl (C=O) groups is 2. The van der Waals surface area contributed by atoms with Crippen molar-refractivity contribution in [2.45, 2.75) is 39.8 Å². The predicted octanol–water partition coefficient (Wildman–Crippen LogP) is 0.582. The molecule has 0 saturated heterocycles. The van der Waals surface area contributed by atoms with Gasteiger partial charge in [-0.1, -0.05) is 13.8 Å². The van der Waals surface area contributed by atoms with Crippen molar-refractivity contribution >= 4 is 24.4 Å². The Morgan fingerprint density at radius 2 is 1.60 bits per heavy atom. The minimum absolute atomic E-state index is 0.0656. The zero-order chi connectivity index (χ0) is 12.0. The van der Waals surface area contributed by atoms with Crippen LogP contribution in [0, 0.1) is 5.92 Å². The summed E-state index contributed by atoms with van der Waals surface area (Å²) >= 11 is 4.04. The summed E-state index contributed by atoms with van der Waals surface area (Å²) in [5.74, 6) is -0.141. The molecule has 4 nitrogen and oxygen atoms in total. The molecule has 2 amide bonds. The molecule has 88 valence electrons. The second-order valence-corrected chi connectivity index (χ2v) is 4.43. The molecule has 0 aromatic heterocycles. The van der Waals surface area contributed by atoms with E-state index in [1.54, 1.807) is 13.8 Å². The maximum absolute atomic E-state index is 11.6. The van der Waals surface area contributed by atoms with Crippen LogP contribution in [0.5, 0.6) is 0 Å². The number of hydrogen-bond donors (Lipinski definition) is 3. The van der Waals surface area contributed by atoms with E-state index in [-0.39, 0.29) is 23.8 Å². The molecule has 0 fully saturated rings. The Kier molecular flexibility index (Phi) is 6.40. The summed E-state index contributed by atoms with van der Waals surface area (Å²) in [5.41, 5.74) is 0. The van der Waals surface area contributed by atoms with Crippen LogP contribution in [0.2, 0.25) is 0 Å². The minimum Gasteiger partial charge on any atom is -0.352 e. The van der Waals surface area contributed by atoms with Crippen LogP contribution in [-0.2, 0) is 9.59 Å². The van der Waals surface area contributed by atoms with Crippen LogP contribution in [0.3, 0.4) is 0 Å². The van der Waals surface area contributed by atoms with Gasteiger partial charge in [-0.2, -0.15) is 12.6 Å².